The average Bonchev–Trinajstić information content (AvgIpc) is 3.21. The van der Waals surface area contributed by atoms with Crippen LogP contribution in [0.4, 0.5) is 32.0 Å². The number of hydrogen-bond donors (Lipinski definition) is 1. The minimum Gasteiger partial charge on any atom is -0.369 e. The molecular formula is C18H18F6N2O3S2. The third kappa shape index (κ3) is 4.15. The summed E-state index contributed by atoms with van der Waals surface area (Å²) in [6, 6.07) is 5.43. The summed E-state index contributed by atoms with van der Waals surface area (Å²) < 4.78 is 105. The maximum atomic E-state index is 13.1. The van der Waals surface area contributed by atoms with E-state index in [1.807, 2.05) is 0 Å². The van der Waals surface area contributed by atoms with Crippen LogP contribution in [0.5, 0.6) is 0 Å². The molecule has 13 heteroatoms. The molecule has 2 heterocycles. The summed E-state index contributed by atoms with van der Waals surface area (Å²) in [6.07, 6.45) is -11.9. The van der Waals surface area contributed by atoms with Crippen LogP contribution in [-0.4, -0.2) is 56.4 Å². The van der Waals surface area contributed by atoms with E-state index in [0.29, 0.717) is 17.8 Å². The molecule has 0 radical (unpaired) electrons. The smallest absolute Gasteiger partial charge is 0.369 e. The molecular weight excluding hydrogens is 470 g/mol. The Hall–Kier alpha value is -1.83. The van der Waals surface area contributed by atoms with Gasteiger partial charge in [-0.05, 0) is 30.0 Å². The molecule has 0 amide bonds. The lowest BCUT2D eigenvalue weighted by atomic mass is 9.90. The van der Waals surface area contributed by atoms with Crippen LogP contribution in [0.25, 0.3) is 0 Å². The number of benzene rings is 1. The predicted octanol–water partition coefficient (Wildman–Crippen LogP) is 3.88. The first-order valence-corrected chi connectivity index (χ1v) is 11.3. The van der Waals surface area contributed by atoms with Crippen LogP contribution in [-0.2, 0) is 15.6 Å². The van der Waals surface area contributed by atoms with Crippen LogP contribution in [0, 0.1) is 6.92 Å². The molecule has 1 fully saturated rings. The van der Waals surface area contributed by atoms with Crippen molar-refractivity contribution in [3.8, 4) is 0 Å². The standard InChI is InChI=1S/C18H18F6N2O3S2/c1-12-11-13(16(27,17(19,20)21)18(22,23)24)4-5-14(12)25-6-8-26(9-7-25)31(28,29)15-3-2-10-30-15/h2-5,10-11,27H,6-9H2,1H3. The van der Waals surface area contributed by atoms with Crippen molar-refractivity contribution in [2.24, 2.45) is 0 Å². The number of thiophene rings is 1. The number of aliphatic hydroxyl groups is 1. The van der Waals surface area contributed by atoms with Crippen molar-refractivity contribution in [2.45, 2.75) is 29.1 Å². The Labute approximate surface area is 178 Å². The van der Waals surface area contributed by atoms with Gasteiger partial charge >= 0.3 is 12.4 Å². The Morgan fingerprint density at radius 2 is 1.55 bits per heavy atom. The number of rotatable bonds is 4. The molecule has 0 bridgehead atoms. The lowest BCUT2D eigenvalue weighted by Crippen LogP contribution is -2.54. The maximum absolute atomic E-state index is 13.1. The number of piperazine rings is 1. The number of aryl methyl sites for hydroxylation is 1. The molecule has 0 atom stereocenters. The van der Waals surface area contributed by atoms with Gasteiger partial charge in [-0.1, -0.05) is 18.2 Å². The molecule has 1 aromatic carbocycles. The second-order valence-electron chi connectivity index (χ2n) is 7.03. The van der Waals surface area contributed by atoms with Gasteiger partial charge in [0.2, 0.25) is 0 Å². The van der Waals surface area contributed by atoms with E-state index in [0.717, 1.165) is 17.4 Å². The molecule has 31 heavy (non-hydrogen) atoms. The molecule has 0 aliphatic carbocycles. The first kappa shape index (κ1) is 23.8. The van der Waals surface area contributed by atoms with E-state index in [9.17, 15) is 39.9 Å². The molecule has 2 aromatic rings. The topological polar surface area (TPSA) is 60.9 Å². The van der Waals surface area contributed by atoms with Crippen LogP contribution >= 0.6 is 11.3 Å². The largest absolute Gasteiger partial charge is 0.430 e. The van der Waals surface area contributed by atoms with E-state index in [2.05, 4.69) is 0 Å². The molecule has 1 aliphatic rings. The third-order valence-electron chi connectivity index (χ3n) is 5.10. The molecule has 0 unspecified atom stereocenters. The Morgan fingerprint density at radius 1 is 0.968 bits per heavy atom. The van der Waals surface area contributed by atoms with Gasteiger partial charge in [-0.2, -0.15) is 30.6 Å². The summed E-state index contributed by atoms with van der Waals surface area (Å²) in [6.45, 7) is 1.95. The highest BCUT2D eigenvalue weighted by atomic mass is 32.2. The van der Waals surface area contributed by atoms with Gasteiger partial charge in [-0.25, -0.2) is 8.42 Å². The fraction of sp³-hybridized carbons (Fsp3) is 0.444. The SMILES string of the molecule is Cc1cc(C(O)(C(F)(F)F)C(F)(F)F)ccc1N1CCN(S(=O)(=O)c2cccs2)CC1. The Balaban J connectivity index is 1.82. The minimum absolute atomic E-state index is 0.0963. The quantitative estimate of drug-likeness (QED) is 0.664. The number of alkyl halides is 6. The first-order valence-electron chi connectivity index (χ1n) is 8.95. The second kappa shape index (κ2) is 7.94. The van der Waals surface area contributed by atoms with Gasteiger partial charge in [-0.15, -0.1) is 11.3 Å². The third-order valence-corrected chi connectivity index (χ3v) is 8.38. The summed E-state index contributed by atoms with van der Waals surface area (Å²) >= 11 is 1.08. The van der Waals surface area contributed by atoms with Crippen molar-refractivity contribution < 1.29 is 39.9 Å². The van der Waals surface area contributed by atoms with Gasteiger partial charge in [0.05, 0.1) is 0 Å². The van der Waals surface area contributed by atoms with Crippen LogP contribution in [0.15, 0.2) is 39.9 Å². The zero-order valence-corrected chi connectivity index (χ0v) is 17.7. The van der Waals surface area contributed by atoms with Crippen molar-refractivity contribution in [1.82, 2.24) is 4.31 Å². The van der Waals surface area contributed by atoms with Gasteiger partial charge in [0.1, 0.15) is 4.21 Å². The maximum Gasteiger partial charge on any atom is 0.430 e. The van der Waals surface area contributed by atoms with Crippen LogP contribution in [0.3, 0.4) is 0 Å². The molecule has 5 nitrogen and oxygen atoms in total. The van der Waals surface area contributed by atoms with E-state index >= 15 is 0 Å². The number of nitrogens with zero attached hydrogens (tertiary/aromatic N) is 2. The van der Waals surface area contributed by atoms with Crippen molar-refractivity contribution >= 4 is 27.0 Å². The van der Waals surface area contributed by atoms with Gasteiger partial charge in [0.25, 0.3) is 15.6 Å². The molecule has 0 saturated carbocycles. The fourth-order valence-electron chi connectivity index (χ4n) is 3.43. The van der Waals surface area contributed by atoms with E-state index in [4.69, 9.17) is 0 Å². The van der Waals surface area contributed by atoms with Crippen LogP contribution in [0.1, 0.15) is 11.1 Å². The summed E-state index contributed by atoms with van der Waals surface area (Å²) in [4.78, 5) is 1.68. The molecule has 1 N–H and O–H groups in total. The normalized spacial score (nSPS) is 17.2. The molecule has 0 spiro atoms. The van der Waals surface area contributed by atoms with E-state index in [1.54, 1.807) is 16.3 Å². The Kier molecular flexibility index (Phi) is 6.10. The van der Waals surface area contributed by atoms with Gasteiger partial charge in [0, 0.05) is 37.4 Å². The van der Waals surface area contributed by atoms with E-state index < -0.39 is 33.5 Å². The summed E-state index contributed by atoms with van der Waals surface area (Å²) in [5.41, 5.74) is -5.85. The van der Waals surface area contributed by atoms with E-state index in [1.165, 1.54) is 17.3 Å². The van der Waals surface area contributed by atoms with E-state index in [-0.39, 0.29) is 36.0 Å². The average molecular weight is 488 g/mol. The van der Waals surface area contributed by atoms with Gasteiger partial charge < -0.3 is 10.0 Å². The van der Waals surface area contributed by atoms with Crippen molar-refractivity contribution in [1.29, 1.82) is 0 Å². The highest BCUT2D eigenvalue weighted by molar-refractivity contribution is 7.91. The summed E-state index contributed by atoms with van der Waals surface area (Å²) in [7, 11) is -3.65. The molecule has 3 rings (SSSR count). The fourth-order valence-corrected chi connectivity index (χ4v) is 6.00. The summed E-state index contributed by atoms with van der Waals surface area (Å²) in [5, 5.41) is 11.2. The first-order chi connectivity index (χ1) is 14.2. The van der Waals surface area contributed by atoms with Crippen LogP contribution < -0.4 is 4.90 Å². The number of sulfonamides is 1. The Bertz CT molecular complexity index is 1010. The molecule has 172 valence electrons. The van der Waals surface area contributed by atoms with Crippen molar-refractivity contribution in [3.05, 3.63) is 46.8 Å². The number of hydrogen-bond acceptors (Lipinski definition) is 5. The zero-order valence-electron chi connectivity index (χ0n) is 16.0. The number of halogens is 6. The molecule has 1 saturated heterocycles. The summed E-state index contributed by atoms with van der Waals surface area (Å²) in [5.74, 6) is 0. The highest BCUT2D eigenvalue weighted by Crippen LogP contribution is 2.50. The molecule has 1 aromatic heterocycles. The van der Waals surface area contributed by atoms with Crippen molar-refractivity contribution in [3.63, 3.8) is 0 Å². The number of anilines is 1. The van der Waals surface area contributed by atoms with Crippen LogP contribution in [0.2, 0.25) is 0 Å². The predicted molar refractivity (Wildman–Crippen MR) is 102 cm³/mol. The second-order valence-corrected chi connectivity index (χ2v) is 10.1. The monoisotopic (exact) mass is 488 g/mol. The minimum atomic E-state index is -5.96. The Morgan fingerprint density at radius 3 is 2.00 bits per heavy atom. The zero-order chi connectivity index (χ0) is 23.2. The lowest BCUT2D eigenvalue weighted by Gasteiger charge is -2.37. The lowest BCUT2D eigenvalue weighted by molar-refractivity contribution is -0.376. The van der Waals surface area contributed by atoms with Crippen molar-refractivity contribution in [2.75, 3.05) is 31.1 Å². The molecule has 1 aliphatic heterocycles. The highest BCUT2D eigenvalue weighted by Gasteiger charge is 2.71. The van der Waals surface area contributed by atoms with Gasteiger partial charge in [-0.3, -0.25) is 0 Å². The van der Waals surface area contributed by atoms with Gasteiger partial charge in [0.15, 0.2) is 0 Å².